The molecule has 0 heterocycles. The highest BCUT2D eigenvalue weighted by molar-refractivity contribution is 8.00. The number of amides is 1. The quantitative estimate of drug-likeness (QED) is 0.693. The molecule has 1 aromatic rings. The molecule has 0 aliphatic heterocycles. The fraction of sp³-hybridized carbons (Fsp3) is 0.588. The molecule has 1 amide bonds. The first-order valence-electron chi connectivity index (χ1n) is 8.13. The van der Waals surface area contributed by atoms with E-state index in [1.54, 1.807) is 24.8 Å². The number of carbonyl (C=O) groups is 1. The Hall–Kier alpha value is -1.28. The van der Waals surface area contributed by atoms with Gasteiger partial charge < -0.3 is 5.32 Å². The van der Waals surface area contributed by atoms with Crippen LogP contribution in [0.5, 0.6) is 0 Å². The van der Waals surface area contributed by atoms with Crippen LogP contribution in [-0.2, 0) is 14.8 Å². The van der Waals surface area contributed by atoms with Gasteiger partial charge in [-0.3, -0.25) is 9.10 Å². The van der Waals surface area contributed by atoms with Crippen molar-refractivity contribution in [3.05, 3.63) is 30.1 Å². The number of carbonyl (C=O) groups excluding carboxylic acids is 1. The van der Waals surface area contributed by atoms with Crippen molar-refractivity contribution in [2.24, 2.45) is 0 Å². The maximum absolute atomic E-state index is 14.1. The minimum Gasteiger partial charge on any atom is -0.353 e. The van der Waals surface area contributed by atoms with Gasteiger partial charge in [0.05, 0.1) is 11.9 Å². The van der Waals surface area contributed by atoms with Gasteiger partial charge in [-0.05, 0) is 18.6 Å². The van der Waals surface area contributed by atoms with Gasteiger partial charge in [-0.1, -0.05) is 39.8 Å². The smallest absolute Gasteiger partial charge is 0.243 e. The number of rotatable bonds is 8. The topological polar surface area (TPSA) is 66.5 Å². The number of sulfonamides is 1. The van der Waals surface area contributed by atoms with E-state index in [4.69, 9.17) is 0 Å². The average molecular weight is 391 g/mol. The summed E-state index contributed by atoms with van der Waals surface area (Å²) in [6.45, 7) is 8.37. The van der Waals surface area contributed by atoms with Crippen molar-refractivity contribution in [1.29, 1.82) is 0 Å². The Balaban J connectivity index is 2.96. The number of benzene rings is 1. The van der Waals surface area contributed by atoms with E-state index in [2.05, 4.69) is 26.1 Å². The third-order valence-electron chi connectivity index (χ3n) is 3.36. The summed E-state index contributed by atoms with van der Waals surface area (Å²) in [5.41, 5.74) is -0.115. The maximum atomic E-state index is 14.1. The van der Waals surface area contributed by atoms with Crippen LogP contribution in [0.25, 0.3) is 0 Å². The van der Waals surface area contributed by atoms with Crippen LogP contribution in [0.2, 0.25) is 0 Å². The summed E-state index contributed by atoms with van der Waals surface area (Å²) in [5.74, 6) is -0.391. The first kappa shape index (κ1) is 21.8. The third kappa shape index (κ3) is 6.86. The molecule has 1 rings (SSSR count). The molecule has 0 spiro atoms. The lowest BCUT2D eigenvalue weighted by molar-refractivity contribution is -0.122. The van der Waals surface area contributed by atoms with Gasteiger partial charge >= 0.3 is 0 Å². The lowest BCUT2D eigenvalue weighted by Crippen LogP contribution is -2.50. The van der Waals surface area contributed by atoms with Crippen molar-refractivity contribution < 1.29 is 17.6 Å². The molecule has 0 radical (unpaired) electrons. The summed E-state index contributed by atoms with van der Waals surface area (Å²) in [6.07, 6.45) is 1.21. The first-order valence-corrected chi connectivity index (χ1v) is 11.0. The molecule has 1 aromatic carbocycles. The number of hydrogen-bond donors (Lipinski definition) is 1. The Kier molecular flexibility index (Phi) is 7.74. The summed E-state index contributed by atoms with van der Waals surface area (Å²) in [7, 11) is -3.82. The van der Waals surface area contributed by atoms with E-state index in [1.807, 2.05) is 0 Å². The molecule has 0 aromatic heterocycles. The number of thioether (sulfide) groups is 1. The lowest BCUT2D eigenvalue weighted by atomic mass is 10.2. The summed E-state index contributed by atoms with van der Waals surface area (Å²) in [5, 5.41) is 2.76. The normalized spacial score (nSPS) is 13.4. The van der Waals surface area contributed by atoms with Crippen LogP contribution in [0.1, 0.15) is 34.1 Å². The Morgan fingerprint density at radius 2 is 1.92 bits per heavy atom. The van der Waals surface area contributed by atoms with Gasteiger partial charge in [0.2, 0.25) is 15.9 Å². The summed E-state index contributed by atoms with van der Waals surface area (Å²) < 4.78 is 39.5. The second kappa shape index (κ2) is 8.89. The van der Waals surface area contributed by atoms with E-state index in [1.165, 1.54) is 18.2 Å². The summed E-state index contributed by atoms with van der Waals surface area (Å²) in [6, 6.07) is 4.57. The minimum atomic E-state index is -3.82. The number of nitrogens with one attached hydrogen (secondary N) is 1. The molecule has 25 heavy (non-hydrogen) atoms. The first-order chi connectivity index (χ1) is 11.5. The predicted molar refractivity (Wildman–Crippen MR) is 103 cm³/mol. The molecule has 0 fully saturated rings. The second-order valence-corrected chi connectivity index (χ2v) is 10.5. The van der Waals surface area contributed by atoms with Crippen molar-refractivity contribution >= 4 is 33.4 Å². The van der Waals surface area contributed by atoms with E-state index >= 15 is 0 Å². The largest absolute Gasteiger partial charge is 0.353 e. The van der Waals surface area contributed by atoms with E-state index in [0.717, 1.165) is 10.6 Å². The van der Waals surface area contributed by atoms with Crippen molar-refractivity contribution in [2.45, 2.75) is 44.9 Å². The number of hydrogen-bond acceptors (Lipinski definition) is 4. The Morgan fingerprint density at radius 1 is 1.32 bits per heavy atom. The molecular formula is C17H27FN2O3S2. The Morgan fingerprint density at radius 3 is 2.40 bits per heavy atom. The van der Waals surface area contributed by atoms with Crippen LogP contribution in [0.15, 0.2) is 24.3 Å². The van der Waals surface area contributed by atoms with Gasteiger partial charge in [-0.25, -0.2) is 12.8 Å². The van der Waals surface area contributed by atoms with Crippen molar-refractivity contribution in [3.63, 3.8) is 0 Å². The minimum absolute atomic E-state index is 0.0842. The van der Waals surface area contributed by atoms with Crippen LogP contribution in [0.4, 0.5) is 10.1 Å². The van der Waals surface area contributed by atoms with E-state index in [0.29, 0.717) is 12.3 Å². The predicted octanol–water partition coefficient (Wildman–Crippen LogP) is 3.02. The van der Waals surface area contributed by atoms with E-state index in [-0.39, 0.29) is 16.9 Å². The highest BCUT2D eigenvalue weighted by atomic mass is 32.2. The zero-order valence-corrected chi connectivity index (χ0v) is 17.0. The summed E-state index contributed by atoms with van der Waals surface area (Å²) >= 11 is 1.70. The highest BCUT2D eigenvalue weighted by Crippen LogP contribution is 2.25. The number of para-hydroxylation sites is 1. The lowest BCUT2D eigenvalue weighted by Gasteiger charge is -2.30. The molecule has 0 bridgehead atoms. The average Bonchev–Trinajstić information content (AvgIpc) is 2.48. The van der Waals surface area contributed by atoms with Crippen molar-refractivity contribution in [3.8, 4) is 0 Å². The fourth-order valence-corrected chi connectivity index (χ4v) is 4.34. The molecule has 1 N–H and O–H groups in total. The standard InChI is InChI=1S/C17H27FN2O3S2/c1-6-14(16(21)19-11-12-24-17(2,3)4)20(25(5,22)23)15-10-8-7-9-13(15)18/h7-10,14H,6,11-12H2,1-5H3,(H,19,21)/t14-/m1/s1. The number of nitrogens with zero attached hydrogens (tertiary/aromatic N) is 1. The van der Waals surface area contributed by atoms with Gasteiger partial charge in [0, 0.05) is 17.0 Å². The Bertz CT molecular complexity index is 687. The molecule has 0 saturated heterocycles. The van der Waals surface area contributed by atoms with Crippen LogP contribution < -0.4 is 9.62 Å². The van der Waals surface area contributed by atoms with E-state index in [9.17, 15) is 17.6 Å². The van der Waals surface area contributed by atoms with Gasteiger partial charge in [-0.15, -0.1) is 0 Å². The van der Waals surface area contributed by atoms with Crippen LogP contribution >= 0.6 is 11.8 Å². The maximum Gasteiger partial charge on any atom is 0.243 e. The molecule has 0 saturated carbocycles. The molecule has 0 aliphatic rings. The molecule has 142 valence electrons. The second-order valence-electron chi connectivity index (χ2n) is 6.69. The molecule has 5 nitrogen and oxygen atoms in total. The van der Waals surface area contributed by atoms with E-state index < -0.39 is 27.8 Å². The zero-order valence-electron chi connectivity index (χ0n) is 15.4. The molecule has 1 atom stereocenters. The fourth-order valence-electron chi connectivity index (χ4n) is 2.32. The van der Waals surface area contributed by atoms with Gasteiger partial charge in [-0.2, -0.15) is 11.8 Å². The highest BCUT2D eigenvalue weighted by Gasteiger charge is 2.32. The number of halogens is 1. The third-order valence-corrected chi connectivity index (χ3v) is 5.80. The Labute approximate surface area is 154 Å². The molecular weight excluding hydrogens is 363 g/mol. The van der Waals surface area contributed by atoms with Crippen molar-refractivity contribution in [1.82, 2.24) is 5.32 Å². The molecule has 8 heteroatoms. The number of anilines is 1. The monoisotopic (exact) mass is 390 g/mol. The van der Waals surface area contributed by atoms with Crippen LogP contribution in [-0.4, -0.2) is 43.7 Å². The molecule has 0 aliphatic carbocycles. The molecule has 0 unspecified atom stereocenters. The van der Waals surface area contributed by atoms with Crippen LogP contribution in [0.3, 0.4) is 0 Å². The van der Waals surface area contributed by atoms with Crippen LogP contribution in [0, 0.1) is 5.82 Å². The van der Waals surface area contributed by atoms with Crippen molar-refractivity contribution in [2.75, 3.05) is 22.9 Å². The SMILES string of the molecule is CC[C@H](C(=O)NCCSC(C)(C)C)N(c1ccccc1F)S(C)(=O)=O. The van der Waals surface area contributed by atoms with Gasteiger partial charge in [0.15, 0.2) is 0 Å². The zero-order chi connectivity index (χ0) is 19.3. The van der Waals surface area contributed by atoms with Gasteiger partial charge in [0.25, 0.3) is 0 Å². The van der Waals surface area contributed by atoms with Gasteiger partial charge in [0.1, 0.15) is 11.9 Å². The summed E-state index contributed by atoms with van der Waals surface area (Å²) in [4.78, 5) is 12.5.